The topological polar surface area (TPSA) is 136 Å². The zero-order valence-electron chi connectivity index (χ0n) is 15.2. The Morgan fingerprint density at radius 3 is 2.30 bits per heavy atom. The van der Waals surface area contributed by atoms with E-state index < -0.39 is 20.0 Å². The summed E-state index contributed by atoms with van der Waals surface area (Å²) in [7, 11) is -7.10. The lowest BCUT2D eigenvalue weighted by Gasteiger charge is -2.23. The number of benzene rings is 2. The predicted octanol–water partition coefficient (Wildman–Crippen LogP) is 1.97. The molecule has 0 fully saturated rings. The minimum Gasteiger partial charge on any atom is -0.399 e. The van der Waals surface area contributed by atoms with Crippen molar-refractivity contribution >= 4 is 42.8 Å². The van der Waals surface area contributed by atoms with Crippen LogP contribution in [-0.2, 0) is 26.6 Å². The molecular formula is C17H24N4O4S2. The summed E-state index contributed by atoms with van der Waals surface area (Å²) >= 11 is 0. The lowest BCUT2D eigenvalue weighted by Crippen LogP contribution is -2.29. The zero-order chi connectivity index (χ0) is 20.2. The Morgan fingerprint density at radius 1 is 1.04 bits per heavy atom. The van der Waals surface area contributed by atoms with Crippen molar-refractivity contribution in [3.05, 3.63) is 48.0 Å². The van der Waals surface area contributed by atoms with E-state index >= 15 is 0 Å². The number of anilines is 4. The normalized spacial score (nSPS) is 11.9. The molecule has 0 aliphatic carbocycles. The molecule has 0 bridgehead atoms. The highest BCUT2D eigenvalue weighted by Crippen LogP contribution is 2.29. The van der Waals surface area contributed by atoms with Crippen molar-refractivity contribution in [2.45, 2.75) is 19.9 Å². The number of nitrogens with zero attached hydrogens (tertiary/aromatic N) is 1. The van der Waals surface area contributed by atoms with E-state index in [0.29, 0.717) is 23.4 Å². The third-order valence-electron chi connectivity index (χ3n) is 3.74. The van der Waals surface area contributed by atoms with E-state index in [-0.39, 0.29) is 23.7 Å². The summed E-state index contributed by atoms with van der Waals surface area (Å²) < 4.78 is 52.0. The van der Waals surface area contributed by atoms with E-state index in [2.05, 4.69) is 4.72 Å². The average Bonchev–Trinajstić information content (AvgIpc) is 2.53. The molecule has 27 heavy (non-hydrogen) atoms. The highest BCUT2D eigenvalue weighted by Gasteiger charge is 2.20. The van der Waals surface area contributed by atoms with Gasteiger partial charge in [0.05, 0.1) is 35.6 Å². The maximum Gasteiger partial charge on any atom is 0.232 e. The molecule has 148 valence electrons. The highest BCUT2D eigenvalue weighted by atomic mass is 32.2. The first-order chi connectivity index (χ1) is 12.5. The maximum atomic E-state index is 12.3. The van der Waals surface area contributed by atoms with Crippen molar-refractivity contribution < 1.29 is 16.8 Å². The van der Waals surface area contributed by atoms with Gasteiger partial charge in [-0.2, -0.15) is 0 Å². The van der Waals surface area contributed by atoms with Crippen molar-refractivity contribution in [2.75, 3.05) is 32.5 Å². The zero-order valence-corrected chi connectivity index (χ0v) is 16.8. The smallest absolute Gasteiger partial charge is 0.232 e. The van der Waals surface area contributed by atoms with Gasteiger partial charge in [0.15, 0.2) is 0 Å². The van der Waals surface area contributed by atoms with Crippen LogP contribution in [0.15, 0.2) is 42.5 Å². The fraction of sp³-hybridized carbons (Fsp3) is 0.294. The van der Waals surface area contributed by atoms with E-state index in [1.807, 2.05) is 0 Å². The van der Waals surface area contributed by atoms with Crippen LogP contribution >= 0.6 is 0 Å². The van der Waals surface area contributed by atoms with Gasteiger partial charge in [-0.1, -0.05) is 19.1 Å². The largest absolute Gasteiger partial charge is 0.399 e. The van der Waals surface area contributed by atoms with Crippen LogP contribution in [0.3, 0.4) is 0 Å². The molecule has 0 aliphatic rings. The standard InChI is InChI=1S/C17H24N4O4S2/c1-3-9-27(24,25)20-17-8-7-15(11-16(17)19)21(26(2,22)23)12-13-5-4-6-14(18)10-13/h4-8,10-11,20H,3,9,12,18-19H2,1-2H3. The van der Waals surface area contributed by atoms with Gasteiger partial charge in [-0.3, -0.25) is 9.03 Å². The second-order valence-corrected chi connectivity index (χ2v) is 9.96. The molecule has 2 rings (SSSR count). The van der Waals surface area contributed by atoms with Gasteiger partial charge in [0.2, 0.25) is 20.0 Å². The molecule has 0 aliphatic heterocycles. The fourth-order valence-corrected chi connectivity index (χ4v) is 4.58. The average molecular weight is 413 g/mol. The summed E-state index contributed by atoms with van der Waals surface area (Å²) in [6.45, 7) is 1.83. The number of sulfonamides is 2. The molecule has 2 aromatic carbocycles. The van der Waals surface area contributed by atoms with Gasteiger partial charge in [-0.05, 0) is 42.3 Å². The fourth-order valence-electron chi connectivity index (χ4n) is 2.54. The lowest BCUT2D eigenvalue weighted by atomic mass is 10.2. The molecular weight excluding hydrogens is 388 g/mol. The molecule has 0 heterocycles. The van der Waals surface area contributed by atoms with E-state index in [4.69, 9.17) is 11.5 Å². The first-order valence-electron chi connectivity index (χ1n) is 8.24. The van der Waals surface area contributed by atoms with Crippen LogP contribution in [0, 0.1) is 0 Å². The van der Waals surface area contributed by atoms with Crippen LogP contribution in [0.5, 0.6) is 0 Å². The number of rotatable bonds is 8. The van der Waals surface area contributed by atoms with Gasteiger partial charge in [-0.25, -0.2) is 16.8 Å². The van der Waals surface area contributed by atoms with Crippen molar-refractivity contribution in [2.24, 2.45) is 0 Å². The number of nitrogen functional groups attached to an aromatic ring is 2. The summed E-state index contributed by atoms with van der Waals surface area (Å²) in [6, 6.07) is 11.3. The number of nitrogens with one attached hydrogen (secondary N) is 1. The minimum absolute atomic E-state index is 0.0287. The van der Waals surface area contributed by atoms with Crippen LogP contribution in [0.4, 0.5) is 22.7 Å². The van der Waals surface area contributed by atoms with Crippen molar-refractivity contribution in [3.63, 3.8) is 0 Å². The summed E-state index contributed by atoms with van der Waals surface area (Å²) in [5.74, 6) is -0.0287. The first-order valence-corrected chi connectivity index (χ1v) is 11.7. The summed E-state index contributed by atoms with van der Waals surface area (Å²) in [5.41, 5.74) is 13.6. The molecule has 0 radical (unpaired) electrons. The van der Waals surface area contributed by atoms with E-state index in [0.717, 1.165) is 6.26 Å². The molecule has 0 saturated carbocycles. The quantitative estimate of drug-likeness (QED) is 0.567. The molecule has 0 amide bonds. The summed E-state index contributed by atoms with van der Waals surface area (Å²) in [4.78, 5) is 0. The van der Waals surface area contributed by atoms with E-state index in [1.165, 1.54) is 22.5 Å². The predicted molar refractivity (Wildman–Crippen MR) is 110 cm³/mol. The molecule has 2 aromatic rings. The Kier molecular flexibility index (Phi) is 6.22. The van der Waals surface area contributed by atoms with Crippen molar-refractivity contribution in [3.8, 4) is 0 Å². The maximum absolute atomic E-state index is 12.3. The van der Waals surface area contributed by atoms with Crippen molar-refractivity contribution in [1.82, 2.24) is 0 Å². The highest BCUT2D eigenvalue weighted by molar-refractivity contribution is 7.92. The number of hydrogen-bond acceptors (Lipinski definition) is 6. The third-order valence-corrected chi connectivity index (χ3v) is 6.36. The lowest BCUT2D eigenvalue weighted by molar-refractivity contribution is 0.595. The monoisotopic (exact) mass is 412 g/mol. The molecule has 0 saturated heterocycles. The first kappa shape index (κ1) is 20.8. The molecule has 8 nitrogen and oxygen atoms in total. The van der Waals surface area contributed by atoms with Crippen LogP contribution < -0.4 is 20.5 Å². The van der Waals surface area contributed by atoms with Crippen LogP contribution in [-0.4, -0.2) is 28.8 Å². The summed E-state index contributed by atoms with van der Waals surface area (Å²) in [5, 5.41) is 0. The number of hydrogen-bond donors (Lipinski definition) is 3. The Balaban J connectivity index is 2.36. The van der Waals surface area contributed by atoms with Crippen molar-refractivity contribution in [1.29, 1.82) is 0 Å². The minimum atomic E-state index is -3.60. The number of nitrogens with two attached hydrogens (primary N) is 2. The van der Waals surface area contributed by atoms with Gasteiger partial charge >= 0.3 is 0 Å². The Labute approximate surface area is 160 Å². The Morgan fingerprint density at radius 2 is 1.74 bits per heavy atom. The third kappa shape index (κ3) is 5.76. The van der Waals surface area contributed by atoms with Crippen LogP contribution in [0.1, 0.15) is 18.9 Å². The second kappa shape index (κ2) is 8.05. The Bertz CT molecular complexity index is 1020. The van der Waals surface area contributed by atoms with Gasteiger partial charge in [0, 0.05) is 5.69 Å². The molecule has 0 spiro atoms. The molecule has 0 aromatic heterocycles. The molecule has 0 unspecified atom stereocenters. The Hall–Kier alpha value is -2.46. The van der Waals surface area contributed by atoms with Crippen LogP contribution in [0.25, 0.3) is 0 Å². The van der Waals surface area contributed by atoms with E-state index in [9.17, 15) is 16.8 Å². The molecule has 0 atom stereocenters. The van der Waals surface area contributed by atoms with E-state index in [1.54, 1.807) is 31.2 Å². The summed E-state index contributed by atoms with van der Waals surface area (Å²) in [6.07, 6.45) is 1.56. The van der Waals surface area contributed by atoms with Gasteiger partial charge in [0.1, 0.15) is 0 Å². The molecule has 10 heteroatoms. The SMILES string of the molecule is CCCS(=O)(=O)Nc1ccc(N(Cc2cccc(N)c2)S(C)(=O)=O)cc1N. The van der Waals surface area contributed by atoms with Gasteiger partial charge in [-0.15, -0.1) is 0 Å². The van der Waals surface area contributed by atoms with Gasteiger partial charge in [0.25, 0.3) is 0 Å². The van der Waals surface area contributed by atoms with Gasteiger partial charge < -0.3 is 11.5 Å². The van der Waals surface area contributed by atoms with Crippen LogP contribution in [0.2, 0.25) is 0 Å². The molecule has 5 N–H and O–H groups in total. The second-order valence-electron chi connectivity index (χ2n) is 6.21.